The number of ether oxygens (including phenoxy) is 1. The van der Waals surface area contributed by atoms with Gasteiger partial charge >= 0.3 is 5.97 Å². The van der Waals surface area contributed by atoms with Crippen molar-refractivity contribution in [1.29, 1.82) is 0 Å². The number of hydrogen-bond acceptors (Lipinski definition) is 3. The minimum Gasteiger partial charge on any atom is -0.481 e. The van der Waals surface area contributed by atoms with E-state index in [1.54, 1.807) is 0 Å². The van der Waals surface area contributed by atoms with Gasteiger partial charge in [0.05, 0.1) is 0 Å². The van der Waals surface area contributed by atoms with E-state index >= 15 is 0 Å². The van der Waals surface area contributed by atoms with E-state index in [2.05, 4.69) is 6.92 Å². The van der Waals surface area contributed by atoms with Gasteiger partial charge in [-0.2, -0.15) is 0 Å². The van der Waals surface area contributed by atoms with Crippen LogP contribution in [0.25, 0.3) is 0 Å². The van der Waals surface area contributed by atoms with Gasteiger partial charge in [-0.15, -0.1) is 0 Å². The quantitative estimate of drug-likeness (QED) is 0.574. The highest BCUT2D eigenvalue weighted by Crippen LogP contribution is 2.17. The molecule has 2 atom stereocenters. The van der Waals surface area contributed by atoms with E-state index in [1.165, 1.54) is 0 Å². The van der Waals surface area contributed by atoms with Crippen molar-refractivity contribution < 1.29 is 14.6 Å². The third kappa shape index (κ3) is 8.39. The van der Waals surface area contributed by atoms with Gasteiger partial charge in [0, 0.05) is 19.6 Å². The van der Waals surface area contributed by atoms with Crippen LogP contribution in [0.15, 0.2) is 0 Å². The van der Waals surface area contributed by atoms with Gasteiger partial charge in [0.2, 0.25) is 0 Å². The largest absolute Gasteiger partial charge is 0.481 e. The predicted octanol–water partition coefficient (Wildman–Crippen LogP) is 1.49. The molecule has 0 bridgehead atoms. The van der Waals surface area contributed by atoms with E-state index < -0.39 is 5.97 Å². The maximum absolute atomic E-state index is 10.5. The Morgan fingerprint density at radius 2 is 2.20 bits per heavy atom. The van der Waals surface area contributed by atoms with E-state index in [0.717, 1.165) is 26.1 Å². The first-order chi connectivity index (χ1) is 7.10. The molecule has 0 aromatic rings. The number of carboxylic acid groups (broad SMARTS) is 1. The third-order valence-corrected chi connectivity index (χ3v) is 2.49. The number of aliphatic carboxylic acids is 1. The molecule has 0 aliphatic rings. The van der Waals surface area contributed by atoms with Crippen LogP contribution in [-0.4, -0.2) is 30.8 Å². The second kappa shape index (κ2) is 8.68. The Morgan fingerprint density at radius 1 is 1.53 bits per heavy atom. The zero-order chi connectivity index (χ0) is 11.7. The number of rotatable bonds is 9. The van der Waals surface area contributed by atoms with Gasteiger partial charge < -0.3 is 15.6 Å². The summed E-state index contributed by atoms with van der Waals surface area (Å²) >= 11 is 0. The molecule has 0 aromatic heterocycles. The van der Waals surface area contributed by atoms with Crippen LogP contribution in [0.5, 0.6) is 0 Å². The zero-order valence-corrected chi connectivity index (χ0v) is 9.74. The standard InChI is InChI=1S/C11H23NO3/c1-3-15-5-4-9(2)6-10(8-12)7-11(13)14/h9-10H,3-8,12H2,1-2H3,(H,13,14). The number of nitrogens with two attached hydrogens (primary N) is 1. The SMILES string of the molecule is CCOCCC(C)CC(CN)CC(=O)O. The molecular weight excluding hydrogens is 194 g/mol. The van der Waals surface area contributed by atoms with Gasteiger partial charge in [0.1, 0.15) is 0 Å². The Morgan fingerprint density at radius 3 is 2.67 bits per heavy atom. The molecule has 15 heavy (non-hydrogen) atoms. The first-order valence-corrected chi connectivity index (χ1v) is 5.59. The summed E-state index contributed by atoms with van der Waals surface area (Å²) in [5, 5.41) is 8.66. The molecule has 2 unspecified atom stereocenters. The van der Waals surface area contributed by atoms with Crippen molar-refractivity contribution in [3.8, 4) is 0 Å². The fourth-order valence-electron chi connectivity index (χ4n) is 1.63. The molecule has 4 heteroatoms. The average molecular weight is 217 g/mol. The maximum Gasteiger partial charge on any atom is 0.303 e. The molecule has 0 spiro atoms. The highest BCUT2D eigenvalue weighted by Gasteiger charge is 2.14. The Hall–Kier alpha value is -0.610. The molecular formula is C11H23NO3. The van der Waals surface area contributed by atoms with E-state index in [0.29, 0.717) is 12.5 Å². The fraction of sp³-hybridized carbons (Fsp3) is 0.909. The molecule has 0 fully saturated rings. The predicted molar refractivity (Wildman–Crippen MR) is 59.7 cm³/mol. The average Bonchev–Trinajstić information content (AvgIpc) is 2.16. The molecule has 0 amide bonds. The molecule has 0 saturated heterocycles. The van der Waals surface area contributed by atoms with E-state index in [4.69, 9.17) is 15.6 Å². The van der Waals surface area contributed by atoms with Crippen molar-refractivity contribution in [1.82, 2.24) is 0 Å². The lowest BCUT2D eigenvalue weighted by Crippen LogP contribution is -2.21. The second-order valence-corrected chi connectivity index (χ2v) is 4.03. The monoisotopic (exact) mass is 217 g/mol. The van der Waals surface area contributed by atoms with Crippen LogP contribution in [0.2, 0.25) is 0 Å². The zero-order valence-electron chi connectivity index (χ0n) is 9.74. The lowest BCUT2D eigenvalue weighted by Gasteiger charge is -2.17. The van der Waals surface area contributed by atoms with Gasteiger partial charge in [-0.25, -0.2) is 0 Å². The van der Waals surface area contributed by atoms with Crippen molar-refractivity contribution in [3.05, 3.63) is 0 Å². The summed E-state index contributed by atoms with van der Waals surface area (Å²) in [6.07, 6.45) is 2.02. The maximum atomic E-state index is 10.5. The molecule has 3 N–H and O–H groups in total. The first-order valence-electron chi connectivity index (χ1n) is 5.59. The third-order valence-electron chi connectivity index (χ3n) is 2.49. The number of carboxylic acids is 1. The summed E-state index contributed by atoms with van der Waals surface area (Å²) in [4.78, 5) is 10.5. The fourth-order valence-corrected chi connectivity index (χ4v) is 1.63. The Kier molecular flexibility index (Phi) is 8.33. The Bertz CT molecular complexity index is 173. The van der Waals surface area contributed by atoms with Crippen molar-refractivity contribution >= 4 is 5.97 Å². The lowest BCUT2D eigenvalue weighted by atomic mass is 9.91. The van der Waals surface area contributed by atoms with Crippen LogP contribution < -0.4 is 5.73 Å². The number of carbonyl (C=O) groups is 1. The smallest absolute Gasteiger partial charge is 0.303 e. The van der Waals surface area contributed by atoms with Gasteiger partial charge in [0.15, 0.2) is 0 Å². The topological polar surface area (TPSA) is 72.5 Å². The summed E-state index contributed by atoms with van der Waals surface area (Å²) in [6, 6.07) is 0. The van der Waals surface area contributed by atoms with Gasteiger partial charge in [0.25, 0.3) is 0 Å². The molecule has 0 aliphatic heterocycles. The minimum absolute atomic E-state index is 0.0964. The Labute approximate surface area is 91.8 Å². The molecule has 0 radical (unpaired) electrons. The summed E-state index contributed by atoms with van der Waals surface area (Å²) in [5.41, 5.74) is 5.53. The van der Waals surface area contributed by atoms with E-state index in [1.807, 2.05) is 6.92 Å². The van der Waals surface area contributed by atoms with Crippen molar-refractivity contribution in [2.24, 2.45) is 17.6 Å². The molecule has 0 aliphatic carbocycles. The van der Waals surface area contributed by atoms with Gasteiger partial charge in [-0.05, 0) is 38.1 Å². The Balaban J connectivity index is 3.69. The lowest BCUT2D eigenvalue weighted by molar-refractivity contribution is -0.138. The van der Waals surface area contributed by atoms with Gasteiger partial charge in [-0.3, -0.25) is 4.79 Å². The normalized spacial score (nSPS) is 14.9. The minimum atomic E-state index is -0.762. The molecule has 0 saturated carbocycles. The highest BCUT2D eigenvalue weighted by atomic mass is 16.5. The van der Waals surface area contributed by atoms with Crippen LogP contribution in [0.1, 0.15) is 33.1 Å². The van der Waals surface area contributed by atoms with E-state index in [-0.39, 0.29) is 12.3 Å². The van der Waals surface area contributed by atoms with Crippen LogP contribution >= 0.6 is 0 Å². The molecule has 90 valence electrons. The van der Waals surface area contributed by atoms with Crippen molar-refractivity contribution in [2.45, 2.75) is 33.1 Å². The second-order valence-electron chi connectivity index (χ2n) is 4.03. The molecule has 0 aromatic carbocycles. The van der Waals surface area contributed by atoms with Crippen LogP contribution in [-0.2, 0) is 9.53 Å². The molecule has 0 heterocycles. The van der Waals surface area contributed by atoms with Crippen LogP contribution in [0.3, 0.4) is 0 Å². The summed E-state index contributed by atoms with van der Waals surface area (Å²) in [7, 11) is 0. The van der Waals surface area contributed by atoms with Crippen molar-refractivity contribution in [3.63, 3.8) is 0 Å². The first kappa shape index (κ1) is 14.4. The summed E-state index contributed by atoms with van der Waals surface area (Å²) < 4.78 is 5.25. The number of hydrogen-bond donors (Lipinski definition) is 2. The summed E-state index contributed by atoms with van der Waals surface area (Å²) in [6.45, 7) is 6.02. The van der Waals surface area contributed by atoms with E-state index in [9.17, 15) is 4.79 Å². The van der Waals surface area contributed by atoms with Gasteiger partial charge in [-0.1, -0.05) is 6.92 Å². The summed E-state index contributed by atoms with van der Waals surface area (Å²) in [5.74, 6) is -0.189. The highest BCUT2D eigenvalue weighted by molar-refractivity contribution is 5.67. The molecule has 0 rings (SSSR count). The van der Waals surface area contributed by atoms with Crippen LogP contribution in [0, 0.1) is 11.8 Å². The van der Waals surface area contributed by atoms with Crippen molar-refractivity contribution in [2.75, 3.05) is 19.8 Å². The molecule has 4 nitrogen and oxygen atoms in total. The van der Waals surface area contributed by atoms with Crippen LogP contribution in [0.4, 0.5) is 0 Å².